The van der Waals surface area contributed by atoms with Crippen molar-refractivity contribution in [2.75, 3.05) is 5.32 Å². The Bertz CT molecular complexity index is 1840. The Labute approximate surface area is 262 Å². The summed E-state index contributed by atoms with van der Waals surface area (Å²) < 4.78 is 56.3. The average Bonchev–Trinajstić information content (AvgIpc) is 3.60. The van der Waals surface area contributed by atoms with Gasteiger partial charge >= 0.3 is 0 Å². The molecule has 2 saturated carbocycles. The van der Waals surface area contributed by atoms with Crippen LogP contribution in [-0.4, -0.2) is 61.4 Å². The number of aromatic nitrogens is 3. The molecule has 10 nitrogen and oxygen atoms in total. The first-order chi connectivity index (χ1) is 21.4. The highest BCUT2D eigenvalue weighted by atomic mass is 35.5. The second-order valence-electron chi connectivity index (χ2n) is 11.5. The zero-order valence-electron chi connectivity index (χ0n) is 23.6. The van der Waals surface area contributed by atoms with E-state index in [1.165, 1.54) is 24.4 Å². The van der Waals surface area contributed by atoms with Gasteiger partial charge in [-0.25, -0.2) is 21.9 Å². The number of hydrogen-bond acceptors (Lipinski definition) is 8. The molecule has 2 heterocycles. The van der Waals surface area contributed by atoms with Gasteiger partial charge in [0.2, 0.25) is 0 Å². The SMILES string of the molecule is O=C(Nc1ccc(F)c(F)c1)c1ccc(Cl)c(S(=O)(=O)C2CC3CC[C@@H](C2)[C@@]3(O)C(O)C(O)c2cc(-n3cccn3)ccn2)c1. The van der Waals surface area contributed by atoms with Crippen LogP contribution in [0.2, 0.25) is 5.02 Å². The zero-order valence-corrected chi connectivity index (χ0v) is 25.2. The van der Waals surface area contributed by atoms with E-state index >= 15 is 0 Å². The Morgan fingerprint density at radius 1 is 1.02 bits per heavy atom. The number of benzene rings is 2. The monoisotopic (exact) mass is 658 g/mol. The van der Waals surface area contributed by atoms with Gasteiger partial charge in [0.05, 0.1) is 32.2 Å². The average molecular weight is 659 g/mol. The van der Waals surface area contributed by atoms with Gasteiger partial charge in [-0.1, -0.05) is 11.6 Å². The summed E-state index contributed by atoms with van der Waals surface area (Å²) in [4.78, 5) is 16.8. The number of nitrogens with one attached hydrogen (secondary N) is 1. The number of pyridine rings is 1. The highest BCUT2D eigenvalue weighted by Gasteiger charge is 2.60. The molecule has 0 saturated heterocycles. The van der Waals surface area contributed by atoms with Gasteiger partial charge in [0.15, 0.2) is 21.5 Å². The van der Waals surface area contributed by atoms with Crippen molar-refractivity contribution in [3.63, 3.8) is 0 Å². The van der Waals surface area contributed by atoms with E-state index in [0.29, 0.717) is 18.5 Å². The number of aliphatic hydroxyl groups is 3. The molecule has 0 spiro atoms. The largest absolute Gasteiger partial charge is 0.387 e. The minimum absolute atomic E-state index is 0.0124. The molecule has 2 aromatic carbocycles. The molecule has 2 aromatic heterocycles. The van der Waals surface area contributed by atoms with E-state index in [9.17, 15) is 37.3 Å². The fraction of sp³-hybridized carbons (Fsp3) is 0.323. The van der Waals surface area contributed by atoms with Crippen LogP contribution in [0.1, 0.15) is 47.8 Å². The van der Waals surface area contributed by atoms with Gasteiger partial charge in [0.1, 0.15) is 12.2 Å². The maximum atomic E-state index is 13.9. The molecule has 6 atom stereocenters. The predicted octanol–water partition coefficient (Wildman–Crippen LogP) is 4.24. The van der Waals surface area contributed by atoms with Crippen LogP contribution in [0.25, 0.3) is 5.69 Å². The Morgan fingerprint density at radius 3 is 2.42 bits per heavy atom. The summed E-state index contributed by atoms with van der Waals surface area (Å²) in [6.07, 6.45) is 2.39. The van der Waals surface area contributed by atoms with E-state index in [1.54, 1.807) is 35.3 Å². The fourth-order valence-electron chi connectivity index (χ4n) is 6.68. The second kappa shape index (κ2) is 11.9. The van der Waals surface area contributed by atoms with Crippen molar-refractivity contribution < 1.29 is 37.3 Å². The minimum atomic E-state index is -4.14. The minimum Gasteiger partial charge on any atom is -0.387 e. The highest BCUT2D eigenvalue weighted by Crippen LogP contribution is 2.55. The van der Waals surface area contributed by atoms with E-state index < -0.39 is 62.3 Å². The Balaban J connectivity index is 1.21. The second-order valence-corrected chi connectivity index (χ2v) is 14.1. The third kappa shape index (κ3) is 5.63. The molecule has 6 rings (SSSR count). The van der Waals surface area contributed by atoms with E-state index in [0.717, 1.165) is 18.2 Å². The van der Waals surface area contributed by atoms with Crippen LogP contribution in [0.4, 0.5) is 14.5 Å². The van der Waals surface area contributed by atoms with Crippen molar-refractivity contribution in [3.8, 4) is 5.69 Å². The van der Waals surface area contributed by atoms with Gasteiger partial charge in [-0.3, -0.25) is 9.78 Å². The molecule has 2 aliphatic rings. The smallest absolute Gasteiger partial charge is 0.255 e. The van der Waals surface area contributed by atoms with Gasteiger partial charge < -0.3 is 20.6 Å². The van der Waals surface area contributed by atoms with Crippen LogP contribution in [0.15, 0.2) is 78.1 Å². The molecule has 14 heteroatoms. The van der Waals surface area contributed by atoms with Crippen LogP contribution < -0.4 is 5.32 Å². The van der Waals surface area contributed by atoms with Crippen molar-refractivity contribution in [2.45, 2.75) is 53.6 Å². The van der Waals surface area contributed by atoms with Crippen molar-refractivity contribution in [3.05, 3.63) is 101 Å². The summed E-state index contributed by atoms with van der Waals surface area (Å²) in [6, 6.07) is 11.5. The number of hydrogen-bond donors (Lipinski definition) is 4. The van der Waals surface area contributed by atoms with E-state index in [4.69, 9.17) is 11.6 Å². The van der Waals surface area contributed by atoms with Crippen LogP contribution >= 0.6 is 11.6 Å². The lowest BCUT2D eigenvalue weighted by Gasteiger charge is -2.46. The van der Waals surface area contributed by atoms with Crippen molar-refractivity contribution >= 4 is 33.0 Å². The quantitative estimate of drug-likeness (QED) is 0.219. The van der Waals surface area contributed by atoms with Crippen LogP contribution in [0.5, 0.6) is 0 Å². The van der Waals surface area contributed by atoms with Crippen LogP contribution in [0, 0.1) is 23.5 Å². The molecule has 236 valence electrons. The van der Waals surface area contributed by atoms with Crippen molar-refractivity contribution in [2.24, 2.45) is 11.8 Å². The van der Waals surface area contributed by atoms with E-state index in [2.05, 4.69) is 15.4 Å². The van der Waals surface area contributed by atoms with Gasteiger partial charge in [-0.05, 0) is 86.1 Å². The number of carbonyl (C=O) groups is 1. The molecular weight excluding hydrogens is 630 g/mol. The molecule has 0 radical (unpaired) electrons. The fourth-order valence-corrected chi connectivity index (χ4v) is 9.08. The molecule has 2 fully saturated rings. The molecule has 2 bridgehead atoms. The zero-order chi connectivity index (χ0) is 32.1. The number of nitrogens with zero attached hydrogens (tertiary/aromatic N) is 3. The molecule has 2 aliphatic carbocycles. The standard InChI is InChI=1S/C31H29ClF2N4O6S/c32-23-6-2-17(30(41)37-20-5-7-24(33)25(34)15-20)12-27(23)45(43,44)22-13-18-3-4-19(14-22)31(18,42)29(40)28(39)26-16-21(8-10-35-26)38-11-1-9-36-38/h1-2,5-12,15-16,18-19,22,28-29,39-40,42H,3-4,13-14H2,(H,37,41)/t18-,19?,22?,28?,29?,31-/m0/s1. The first-order valence-corrected chi connectivity index (χ1v) is 16.2. The summed E-state index contributed by atoms with van der Waals surface area (Å²) in [5.41, 5.74) is -1.14. The third-order valence-electron chi connectivity index (χ3n) is 8.99. The molecular formula is C31H29ClF2N4O6S. The Hall–Kier alpha value is -3.75. The summed E-state index contributed by atoms with van der Waals surface area (Å²) in [6.45, 7) is 0. The molecule has 0 aliphatic heterocycles. The highest BCUT2D eigenvalue weighted by molar-refractivity contribution is 7.92. The number of sulfone groups is 1. The number of halogens is 3. The number of fused-ring (bicyclic) bond motifs is 2. The molecule has 4 unspecified atom stereocenters. The van der Waals surface area contributed by atoms with Gasteiger partial charge in [0, 0.05) is 35.9 Å². The number of carbonyl (C=O) groups excluding carboxylic acids is 1. The first-order valence-electron chi connectivity index (χ1n) is 14.2. The number of anilines is 1. The van der Waals surface area contributed by atoms with Crippen molar-refractivity contribution in [1.82, 2.24) is 14.8 Å². The van der Waals surface area contributed by atoms with Crippen LogP contribution in [0.3, 0.4) is 0 Å². The topological polar surface area (TPSA) is 155 Å². The lowest BCUT2D eigenvalue weighted by Crippen LogP contribution is -2.57. The summed E-state index contributed by atoms with van der Waals surface area (Å²) in [7, 11) is -4.14. The van der Waals surface area contributed by atoms with Crippen molar-refractivity contribution in [1.29, 1.82) is 0 Å². The Morgan fingerprint density at radius 2 is 1.76 bits per heavy atom. The molecule has 45 heavy (non-hydrogen) atoms. The summed E-state index contributed by atoms with van der Waals surface area (Å²) in [5.74, 6) is -4.31. The van der Waals surface area contributed by atoms with Gasteiger partial charge in [-0.15, -0.1) is 0 Å². The van der Waals surface area contributed by atoms with E-state index in [-0.39, 0.29) is 39.7 Å². The normalized spacial score (nSPS) is 24.3. The molecule has 4 N–H and O–H groups in total. The maximum Gasteiger partial charge on any atom is 0.255 e. The van der Waals surface area contributed by atoms with Gasteiger partial charge in [0.25, 0.3) is 5.91 Å². The number of rotatable bonds is 8. The first kappa shape index (κ1) is 31.2. The number of aliphatic hydroxyl groups excluding tert-OH is 2. The van der Waals surface area contributed by atoms with E-state index in [1.807, 2.05) is 0 Å². The number of amides is 1. The summed E-state index contributed by atoms with van der Waals surface area (Å²) in [5, 5.41) is 39.8. The van der Waals surface area contributed by atoms with Gasteiger partial charge in [-0.2, -0.15) is 5.10 Å². The van der Waals surface area contributed by atoms with Crippen LogP contribution in [-0.2, 0) is 9.84 Å². The Kier molecular flexibility index (Phi) is 8.25. The predicted molar refractivity (Wildman–Crippen MR) is 159 cm³/mol. The molecule has 4 aromatic rings. The summed E-state index contributed by atoms with van der Waals surface area (Å²) >= 11 is 6.32. The lowest BCUT2D eigenvalue weighted by atomic mass is 9.69. The lowest BCUT2D eigenvalue weighted by molar-refractivity contribution is -0.178. The maximum absolute atomic E-state index is 13.9. The molecule has 1 amide bonds. The third-order valence-corrected chi connectivity index (χ3v) is 11.6.